The smallest absolute Gasteiger partial charge is 0.475 e. The number of carbonyl (C=O) groups excluding carboxylic acids is 1. The van der Waals surface area contributed by atoms with Crippen LogP contribution in [0.2, 0.25) is 0 Å². The zero-order valence-corrected chi connectivity index (χ0v) is 17.0. The number of amides is 1. The number of nitrogens with zero attached hydrogens (tertiary/aromatic N) is 2. The van der Waals surface area contributed by atoms with Crippen LogP contribution in [0.5, 0.6) is 0 Å². The third-order valence-corrected chi connectivity index (χ3v) is 6.32. The van der Waals surface area contributed by atoms with Crippen molar-refractivity contribution in [3.63, 3.8) is 0 Å². The van der Waals surface area contributed by atoms with E-state index in [2.05, 4.69) is 4.90 Å². The van der Waals surface area contributed by atoms with Gasteiger partial charge in [-0.05, 0) is 49.3 Å². The molecule has 1 aromatic rings. The number of hydrogen-bond donors (Lipinski definition) is 1. The van der Waals surface area contributed by atoms with Crippen LogP contribution in [0.25, 0.3) is 0 Å². The first-order valence-corrected chi connectivity index (χ1v) is 10.3. The van der Waals surface area contributed by atoms with Gasteiger partial charge >= 0.3 is 12.1 Å². The molecule has 0 radical (unpaired) electrons. The van der Waals surface area contributed by atoms with Crippen LogP contribution in [0.1, 0.15) is 36.0 Å². The zero-order valence-electron chi connectivity index (χ0n) is 17.0. The average molecular weight is 446 g/mol. The minimum absolute atomic E-state index is 0.0339. The molecule has 2 aliphatic heterocycles. The second-order valence-corrected chi connectivity index (χ2v) is 8.32. The number of rotatable bonds is 2. The van der Waals surface area contributed by atoms with E-state index < -0.39 is 12.1 Å². The van der Waals surface area contributed by atoms with Gasteiger partial charge in [-0.15, -0.1) is 0 Å². The molecular weight excluding hydrogens is 420 g/mol. The number of carboxylic acids is 1. The maximum Gasteiger partial charge on any atom is 0.490 e. The lowest BCUT2D eigenvalue weighted by Gasteiger charge is -2.55. The summed E-state index contributed by atoms with van der Waals surface area (Å²) in [7, 11) is 0. The second kappa shape index (κ2) is 9.52. The SMILES string of the molecule is O=C(O)C(F)(F)F.O=C(c1cccc(F)c1)N1CCC2(CC1)CC(N1CCOCC1)C2. The van der Waals surface area contributed by atoms with Crippen molar-refractivity contribution in [2.75, 3.05) is 39.4 Å². The van der Waals surface area contributed by atoms with Gasteiger partial charge in [0.2, 0.25) is 0 Å². The van der Waals surface area contributed by atoms with Crippen LogP contribution in [-0.4, -0.2) is 78.4 Å². The molecule has 1 spiro atoms. The van der Waals surface area contributed by atoms with Crippen molar-refractivity contribution >= 4 is 11.9 Å². The Labute approximate surface area is 177 Å². The van der Waals surface area contributed by atoms with E-state index >= 15 is 0 Å². The van der Waals surface area contributed by atoms with Gasteiger partial charge < -0.3 is 14.7 Å². The summed E-state index contributed by atoms with van der Waals surface area (Å²) in [5.74, 6) is -3.14. The van der Waals surface area contributed by atoms with Crippen molar-refractivity contribution in [1.29, 1.82) is 0 Å². The van der Waals surface area contributed by atoms with E-state index in [4.69, 9.17) is 14.6 Å². The lowest BCUT2D eigenvalue weighted by atomic mass is 9.60. The Morgan fingerprint density at radius 2 is 1.65 bits per heavy atom. The summed E-state index contributed by atoms with van der Waals surface area (Å²) >= 11 is 0. The molecule has 10 heteroatoms. The molecule has 172 valence electrons. The molecule has 3 aliphatic rings. The number of alkyl halides is 3. The maximum atomic E-state index is 13.3. The molecule has 3 fully saturated rings. The highest BCUT2D eigenvalue weighted by Crippen LogP contribution is 2.51. The second-order valence-electron chi connectivity index (χ2n) is 8.32. The predicted octanol–water partition coefficient (Wildman–Crippen LogP) is 3.18. The Bertz CT molecular complexity index is 780. The van der Waals surface area contributed by atoms with Gasteiger partial charge in [-0.25, -0.2) is 9.18 Å². The van der Waals surface area contributed by atoms with Crippen LogP contribution in [0, 0.1) is 11.2 Å². The number of piperidine rings is 1. The largest absolute Gasteiger partial charge is 0.490 e. The number of halogens is 4. The molecule has 0 aromatic heterocycles. The number of likely N-dealkylation sites (tertiary alicyclic amines) is 1. The highest BCUT2D eigenvalue weighted by atomic mass is 19.4. The summed E-state index contributed by atoms with van der Waals surface area (Å²) < 4.78 is 50.5. The topological polar surface area (TPSA) is 70.1 Å². The molecule has 0 atom stereocenters. The minimum atomic E-state index is -5.08. The van der Waals surface area contributed by atoms with E-state index in [1.807, 2.05) is 4.90 Å². The molecule has 2 heterocycles. The number of carbonyl (C=O) groups is 2. The van der Waals surface area contributed by atoms with Gasteiger partial charge in [-0.3, -0.25) is 9.69 Å². The van der Waals surface area contributed by atoms with Gasteiger partial charge in [-0.1, -0.05) is 6.07 Å². The number of ether oxygens (including phenoxy) is 1. The lowest BCUT2D eigenvalue weighted by Crippen LogP contribution is -2.57. The summed E-state index contributed by atoms with van der Waals surface area (Å²) in [6.45, 7) is 5.44. The Hall–Kier alpha value is -2.20. The summed E-state index contributed by atoms with van der Waals surface area (Å²) in [5, 5.41) is 7.12. The number of carboxylic acid groups (broad SMARTS) is 1. The van der Waals surface area contributed by atoms with E-state index in [1.165, 1.54) is 25.0 Å². The molecule has 6 nitrogen and oxygen atoms in total. The summed E-state index contributed by atoms with van der Waals surface area (Å²) in [5.41, 5.74) is 0.896. The molecule has 1 aliphatic carbocycles. The first-order chi connectivity index (χ1) is 14.6. The molecular formula is C21H26F4N2O4. The highest BCUT2D eigenvalue weighted by molar-refractivity contribution is 5.94. The van der Waals surface area contributed by atoms with Crippen molar-refractivity contribution in [1.82, 2.24) is 9.80 Å². The molecule has 1 saturated carbocycles. The predicted molar refractivity (Wildman–Crippen MR) is 103 cm³/mol. The van der Waals surface area contributed by atoms with Crippen molar-refractivity contribution in [2.24, 2.45) is 5.41 Å². The van der Waals surface area contributed by atoms with Crippen LogP contribution in [0.3, 0.4) is 0 Å². The van der Waals surface area contributed by atoms with Crippen LogP contribution in [-0.2, 0) is 9.53 Å². The molecule has 4 rings (SSSR count). The van der Waals surface area contributed by atoms with Gasteiger partial charge in [0, 0.05) is 37.8 Å². The molecule has 1 aromatic carbocycles. The Morgan fingerprint density at radius 3 is 2.16 bits per heavy atom. The van der Waals surface area contributed by atoms with Gasteiger partial charge in [0.05, 0.1) is 13.2 Å². The molecule has 1 amide bonds. The summed E-state index contributed by atoms with van der Waals surface area (Å²) in [4.78, 5) is 25.9. The van der Waals surface area contributed by atoms with Crippen LogP contribution < -0.4 is 0 Å². The fourth-order valence-corrected chi connectivity index (χ4v) is 4.54. The lowest BCUT2D eigenvalue weighted by molar-refractivity contribution is -0.192. The zero-order chi connectivity index (χ0) is 22.6. The van der Waals surface area contributed by atoms with Crippen LogP contribution in [0.15, 0.2) is 24.3 Å². The molecule has 31 heavy (non-hydrogen) atoms. The molecule has 2 saturated heterocycles. The van der Waals surface area contributed by atoms with E-state index in [9.17, 15) is 22.4 Å². The van der Waals surface area contributed by atoms with Gasteiger partial charge in [0.25, 0.3) is 5.91 Å². The molecule has 1 N–H and O–H groups in total. The van der Waals surface area contributed by atoms with E-state index in [0.29, 0.717) is 17.0 Å². The first-order valence-electron chi connectivity index (χ1n) is 10.3. The molecule has 0 bridgehead atoms. The maximum absolute atomic E-state index is 13.3. The van der Waals surface area contributed by atoms with Gasteiger partial charge in [0.15, 0.2) is 0 Å². The fraction of sp³-hybridized carbons (Fsp3) is 0.619. The van der Waals surface area contributed by atoms with E-state index in [0.717, 1.165) is 52.2 Å². The van der Waals surface area contributed by atoms with Crippen molar-refractivity contribution in [3.8, 4) is 0 Å². The first kappa shape index (κ1) is 23.5. The third kappa shape index (κ3) is 5.94. The third-order valence-electron chi connectivity index (χ3n) is 6.32. The Kier molecular flexibility index (Phi) is 7.20. The Balaban J connectivity index is 0.000000339. The number of benzene rings is 1. The number of aliphatic carboxylic acids is 1. The highest BCUT2D eigenvalue weighted by Gasteiger charge is 2.48. The van der Waals surface area contributed by atoms with Crippen molar-refractivity contribution in [3.05, 3.63) is 35.6 Å². The standard InChI is InChI=1S/C19H25FN2O2.C2HF3O2/c20-16-3-1-2-15(12-16)18(23)22-6-4-19(5-7-22)13-17(14-19)21-8-10-24-11-9-21;3-2(4,5)1(6)7/h1-3,12,17H,4-11,13-14H2;(H,6,7). The van der Waals surface area contributed by atoms with Gasteiger partial charge in [0.1, 0.15) is 5.82 Å². The minimum Gasteiger partial charge on any atom is -0.475 e. The number of morpholine rings is 1. The monoisotopic (exact) mass is 446 g/mol. The number of hydrogen-bond acceptors (Lipinski definition) is 4. The summed E-state index contributed by atoms with van der Waals surface area (Å²) in [6, 6.07) is 6.73. The van der Waals surface area contributed by atoms with E-state index in [-0.39, 0.29) is 11.7 Å². The van der Waals surface area contributed by atoms with Crippen molar-refractivity contribution < 1.29 is 37.0 Å². The van der Waals surface area contributed by atoms with Gasteiger partial charge in [-0.2, -0.15) is 13.2 Å². The Morgan fingerprint density at radius 1 is 1.06 bits per heavy atom. The van der Waals surface area contributed by atoms with Crippen LogP contribution in [0.4, 0.5) is 17.6 Å². The average Bonchev–Trinajstić information content (AvgIpc) is 2.72. The fourth-order valence-electron chi connectivity index (χ4n) is 4.54. The normalized spacial score (nSPS) is 21.7. The summed E-state index contributed by atoms with van der Waals surface area (Å²) in [6.07, 6.45) is -0.409. The molecule has 0 unspecified atom stereocenters. The quantitative estimate of drug-likeness (QED) is 0.707. The van der Waals surface area contributed by atoms with E-state index in [1.54, 1.807) is 12.1 Å². The van der Waals surface area contributed by atoms with Crippen LogP contribution >= 0.6 is 0 Å². The van der Waals surface area contributed by atoms with Crippen molar-refractivity contribution in [2.45, 2.75) is 37.9 Å².